The van der Waals surface area contributed by atoms with Crippen molar-refractivity contribution in [2.45, 2.75) is 4.90 Å². The smallest absolute Gasteiger partial charge is 0.243 e. The third-order valence-corrected chi connectivity index (χ3v) is 2.95. The summed E-state index contributed by atoms with van der Waals surface area (Å²) in [7, 11) is 1.11. The molecule has 1 aromatic carbocycles. The van der Waals surface area contributed by atoms with Gasteiger partial charge in [0.25, 0.3) is 9.05 Å². The zero-order valence-corrected chi connectivity index (χ0v) is 8.01. The second-order valence-corrected chi connectivity index (χ2v) is 4.98. The quantitative estimate of drug-likeness (QED) is 0.705. The number of fused-ring (bicyclic) bond motifs is 1. The first-order valence-corrected chi connectivity index (χ1v) is 5.66. The number of rotatable bonds is 1. The Morgan fingerprint density at radius 2 is 1.93 bits per heavy atom. The number of nitrogens with zero attached hydrogens (tertiary/aromatic N) is 2. The minimum atomic E-state index is -3.97. The van der Waals surface area contributed by atoms with Gasteiger partial charge in [0.2, 0.25) is 0 Å². The molecule has 74 valence electrons. The summed E-state index contributed by atoms with van der Waals surface area (Å²) in [6.45, 7) is 0. The van der Waals surface area contributed by atoms with Crippen LogP contribution < -0.4 is 0 Å². The molecule has 0 bridgehead atoms. The molecule has 0 spiro atoms. The number of hydrogen-bond acceptors (Lipinski definition) is 5. The van der Waals surface area contributed by atoms with Gasteiger partial charge in [-0.25, -0.2) is 17.4 Å². The van der Waals surface area contributed by atoms with Crippen LogP contribution in [0, 0.1) is 5.82 Å². The fraction of sp³-hybridized carbons (Fsp3) is 0. The van der Waals surface area contributed by atoms with Gasteiger partial charge in [-0.2, -0.15) is 0 Å². The molecule has 0 aliphatic heterocycles. The Morgan fingerprint density at radius 3 is 2.57 bits per heavy atom. The van der Waals surface area contributed by atoms with E-state index in [0.29, 0.717) is 0 Å². The number of halogens is 2. The van der Waals surface area contributed by atoms with Crippen molar-refractivity contribution in [2.75, 3.05) is 0 Å². The first kappa shape index (κ1) is 9.35. The van der Waals surface area contributed by atoms with Crippen molar-refractivity contribution in [1.29, 1.82) is 0 Å². The number of aromatic nitrogens is 2. The molecule has 2 aromatic rings. The first-order valence-electron chi connectivity index (χ1n) is 3.35. The van der Waals surface area contributed by atoms with Gasteiger partial charge in [-0.3, -0.25) is 0 Å². The molecule has 0 amide bonds. The molecule has 0 aliphatic carbocycles. The summed E-state index contributed by atoms with van der Waals surface area (Å²) >= 11 is 0. The minimum absolute atomic E-state index is 0.208. The minimum Gasteiger partial charge on any atom is -0.243 e. The van der Waals surface area contributed by atoms with Gasteiger partial charge >= 0.3 is 0 Å². The lowest BCUT2D eigenvalue weighted by molar-refractivity contribution is 0.314. The van der Waals surface area contributed by atoms with E-state index in [1.807, 2.05) is 0 Å². The SMILES string of the molecule is O=S(=O)(Cl)[13c]1[13cH][13cH][13c](F)[13c]2non[13c]12. The van der Waals surface area contributed by atoms with Crippen LogP contribution in [0.5, 0.6) is 0 Å². The van der Waals surface area contributed by atoms with Crippen LogP contribution in [0.3, 0.4) is 0 Å². The Bertz CT molecular complexity index is 594. The van der Waals surface area contributed by atoms with Crippen molar-refractivity contribution in [2.24, 2.45) is 0 Å². The van der Waals surface area contributed by atoms with E-state index >= 15 is 0 Å². The summed E-state index contributed by atoms with van der Waals surface area (Å²) in [6, 6.07) is 1.94. The van der Waals surface area contributed by atoms with Crippen LogP contribution >= 0.6 is 10.7 Å². The van der Waals surface area contributed by atoms with Gasteiger partial charge < -0.3 is 0 Å². The first-order chi connectivity index (χ1) is 6.50. The van der Waals surface area contributed by atoms with E-state index in [-0.39, 0.29) is 15.9 Å². The van der Waals surface area contributed by atoms with Crippen molar-refractivity contribution in [3.05, 3.63) is 17.9 Å². The van der Waals surface area contributed by atoms with Crippen molar-refractivity contribution >= 4 is 30.8 Å². The highest BCUT2D eigenvalue weighted by Gasteiger charge is 2.20. The molecular formula is C6H2ClFN2O3S. The average Bonchev–Trinajstić information content (AvgIpc) is 2.50. The summed E-state index contributed by atoms with van der Waals surface area (Å²) in [6.07, 6.45) is 0. The van der Waals surface area contributed by atoms with E-state index in [1.54, 1.807) is 0 Å². The average molecular weight is 243 g/mol. The van der Waals surface area contributed by atoms with Gasteiger partial charge in [0.1, 0.15) is 4.90 Å². The molecule has 5 nitrogen and oxygen atoms in total. The van der Waals surface area contributed by atoms with Crippen LogP contribution in [-0.4, -0.2) is 18.7 Å². The van der Waals surface area contributed by atoms with Crippen molar-refractivity contribution in [1.82, 2.24) is 10.3 Å². The predicted octanol–water partition coefficient (Wildman–Crippen LogP) is 1.29. The summed E-state index contributed by atoms with van der Waals surface area (Å²) in [5.74, 6) is -0.717. The second kappa shape index (κ2) is 2.89. The summed E-state index contributed by atoms with van der Waals surface area (Å²) in [4.78, 5) is -0.322. The molecule has 0 atom stereocenters. The van der Waals surface area contributed by atoms with Crippen LogP contribution in [0.15, 0.2) is 21.7 Å². The fourth-order valence-corrected chi connectivity index (χ4v) is 1.98. The van der Waals surface area contributed by atoms with Crippen molar-refractivity contribution in [3.8, 4) is 0 Å². The third-order valence-electron chi connectivity index (χ3n) is 1.59. The lowest BCUT2D eigenvalue weighted by atomic mass is 11.2. The van der Waals surface area contributed by atoms with Gasteiger partial charge in [0, 0.05) is 10.7 Å². The van der Waals surface area contributed by atoms with Gasteiger partial charge in [0.15, 0.2) is 16.9 Å². The van der Waals surface area contributed by atoms with E-state index in [1.165, 1.54) is 0 Å². The predicted molar refractivity (Wildman–Crippen MR) is 44.8 cm³/mol. The Morgan fingerprint density at radius 1 is 1.29 bits per heavy atom. The molecule has 0 N–H and O–H groups in total. The summed E-state index contributed by atoms with van der Waals surface area (Å²) in [5, 5.41) is 6.46. The maximum absolute atomic E-state index is 13.0. The number of benzene rings is 1. The van der Waals surface area contributed by atoms with Gasteiger partial charge in [0.05, 0.1) is 0 Å². The van der Waals surface area contributed by atoms with Gasteiger partial charge in [-0.15, -0.1) is 0 Å². The van der Waals surface area contributed by atoms with Crippen LogP contribution in [-0.2, 0) is 9.05 Å². The fourth-order valence-electron chi connectivity index (χ4n) is 1.01. The van der Waals surface area contributed by atoms with Crippen molar-refractivity contribution < 1.29 is 17.4 Å². The molecule has 0 saturated carbocycles. The monoisotopic (exact) mass is 242 g/mol. The summed E-state index contributed by atoms with van der Waals surface area (Å²) < 4.78 is 39.2. The molecule has 0 aliphatic rings. The highest BCUT2D eigenvalue weighted by molar-refractivity contribution is 8.14. The highest BCUT2D eigenvalue weighted by atomic mass is 35.7. The van der Waals surface area contributed by atoms with E-state index < -0.39 is 14.9 Å². The Hall–Kier alpha value is -1.21. The molecule has 2 rings (SSSR count). The molecule has 0 fully saturated rings. The lowest BCUT2D eigenvalue weighted by Crippen LogP contribution is -1.93. The standard InChI is InChI=1S/C6H2ClFN2O3S/c7-14(11,12)4-2-1-3(8)5-6(4)10-13-9-5/h1-2H/i1+1,2+1,3+1,4+1,5+1,6+1. The Balaban J connectivity index is 2.93. The summed E-state index contributed by atoms with van der Waals surface area (Å²) in [5.41, 5.74) is -0.466. The van der Waals surface area contributed by atoms with E-state index in [9.17, 15) is 12.8 Å². The van der Waals surface area contributed by atoms with Crippen LogP contribution in [0.25, 0.3) is 11.0 Å². The third kappa shape index (κ3) is 1.34. The van der Waals surface area contributed by atoms with Gasteiger partial charge in [-0.1, -0.05) is 0 Å². The molecule has 0 unspecified atom stereocenters. The maximum Gasteiger partial charge on any atom is 0.263 e. The molecule has 8 heteroatoms. The molecule has 1 heterocycles. The molecule has 0 saturated heterocycles. The number of hydrogen-bond donors (Lipinski definition) is 0. The molecule has 14 heavy (non-hydrogen) atoms. The molecule has 0 radical (unpaired) electrons. The zero-order chi connectivity index (χ0) is 10.3. The van der Waals surface area contributed by atoms with Crippen LogP contribution in [0.4, 0.5) is 4.39 Å². The van der Waals surface area contributed by atoms with E-state index in [4.69, 9.17) is 10.7 Å². The lowest BCUT2D eigenvalue weighted by Gasteiger charge is -1.95. The van der Waals surface area contributed by atoms with Crippen LogP contribution in [0.1, 0.15) is 0 Å². The van der Waals surface area contributed by atoms with Gasteiger partial charge in [-0.05, 0) is 22.4 Å². The topological polar surface area (TPSA) is 73.1 Å². The second-order valence-electron chi connectivity index (χ2n) is 2.44. The van der Waals surface area contributed by atoms with Crippen LogP contribution in [0.2, 0.25) is 0 Å². The zero-order valence-electron chi connectivity index (χ0n) is 6.44. The largest absolute Gasteiger partial charge is 0.263 e. The van der Waals surface area contributed by atoms with Crippen molar-refractivity contribution in [3.63, 3.8) is 0 Å². The highest BCUT2D eigenvalue weighted by Crippen LogP contribution is 2.24. The normalized spacial score (nSPS) is 12.1. The van der Waals surface area contributed by atoms with E-state index in [2.05, 4.69) is 14.9 Å². The van der Waals surface area contributed by atoms with E-state index in [0.717, 1.165) is 12.1 Å². The maximum atomic E-state index is 13.0. The Kier molecular flexibility index (Phi) is 1.93. The Labute approximate surface area is 81.8 Å². The molecular weight excluding hydrogens is 241 g/mol. The molecule has 1 aromatic heterocycles.